The molecule has 0 aliphatic carbocycles. The van der Waals surface area contributed by atoms with E-state index >= 15 is 0 Å². The first-order chi connectivity index (χ1) is 10.5. The van der Waals surface area contributed by atoms with Crippen molar-refractivity contribution >= 4 is 5.91 Å². The number of hydrogen-bond acceptors (Lipinski definition) is 4. The topological polar surface area (TPSA) is 42.0 Å². The summed E-state index contributed by atoms with van der Waals surface area (Å²) in [5, 5.41) is 0. The third-order valence-corrected chi connectivity index (χ3v) is 3.93. The van der Waals surface area contributed by atoms with Gasteiger partial charge in [0.2, 0.25) is 12.7 Å². The molecule has 0 aromatic heterocycles. The normalized spacial score (nSPS) is 14.2. The zero-order chi connectivity index (χ0) is 16.1. The van der Waals surface area contributed by atoms with Crippen LogP contribution in [0, 0.1) is 0 Å². The van der Waals surface area contributed by atoms with Crippen molar-refractivity contribution in [3.63, 3.8) is 0 Å². The highest BCUT2D eigenvalue weighted by Gasteiger charge is 2.20. The fourth-order valence-electron chi connectivity index (χ4n) is 2.72. The summed E-state index contributed by atoms with van der Waals surface area (Å²) < 4.78 is 10.7. The maximum absolute atomic E-state index is 12.4. The molecule has 1 atom stereocenters. The first-order valence-corrected chi connectivity index (χ1v) is 7.84. The summed E-state index contributed by atoms with van der Waals surface area (Å²) in [5.74, 6) is 1.81. The number of hydrogen-bond donors (Lipinski definition) is 0. The molecule has 1 aromatic rings. The molecular weight excluding hydrogens is 280 g/mol. The van der Waals surface area contributed by atoms with Crippen molar-refractivity contribution in [3.05, 3.63) is 23.8 Å². The zero-order valence-corrected chi connectivity index (χ0v) is 14.0. The van der Waals surface area contributed by atoms with E-state index in [0.29, 0.717) is 13.2 Å². The van der Waals surface area contributed by atoms with Crippen molar-refractivity contribution in [2.24, 2.45) is 0 Å². The third kappa shape index (κ3) is 4.13. The Bertz CT molecular complexity index is 517. The fourth-order valence-corrected chi connectivity index (χ4v) is 2.72. The smallest absolute Gasteiger partial charge is 0.231 e. The minimum Gasteiger partial charge on any atom is -0.454 e. The molecule has 22 heavy (non-hydrogen) atoms. The van der Waals surface area contributed by atoms with E-state index in [2.05, 4.69) is 6.92 Å². The van der Waals surface area contributed by atoms with Gasteiger partial charge in [-0.1, -0.05) is 6.07 Å². The molecule has 0 spiro atoms. The molecule has 1 amide bonds. The van der Waals surface area contributed by atoms with Crippen molar-refractivity contribution < 1.29 is 14.3 Å². The zero-order valence-electron chi connectivity index (χ0n) is 14.0. The molecule has 1 heterocycles. The average molecular weight is 306 g/mol. The van der Waals surface area contributed by atoms with Gasteiger partial charge < -0.3 is 19.3 Å². The maximum atomic E-state index is 12.4. The lowest BCUT2D eigenvalue weighted by atomic mass is 10.0. The lowest BCUT2D eigenvalue weighted by Crippen LogP contribution is -2.40. The number of amides is 1. The summed E-state index contributed by atoms with van der Waals surface area (Å²) in [7, 11) is 3.97. The summed E-state index contributed by atoms with van der Waals surface area (Å²) in [6, 6.07) is 6.16. The van der Waals surface area contributed by atoms with Crippen LogP contribution < -0.4 is 9.47 Å². The number of nitrogens with zero attached hydrogens (tertiary/aromatic N) is 2. The molecule has 0 bridgehead atoms. The molecule has 2 rings (SSSR count). The van der Waals surface area contributed by atoms with Crippen LogP contribution in [0.25, 0.3) is 0 Å². The molecule has 0 saturated carbocycles. The van der Waals surface area contributed by atoms with Gasteiger partial charge in [0.25, 0.3) is 0 Å². The van der Waals surface area contributed by atoms with Gasteiger partial charge in [0.05, 0.1) is 0 Å². The summed E-state index contributed by atoms with van der Waals surface area (Å²) in [5.41, 5.74) is 1.16. The molecule has 1 unspecified atom stereocenters. The SMILES string of the molecule is CCN(C(=O)CCN(C)C)C(C)Cc1ccc2c(c1)OCO2. The third-order valence-electron chi connectivity index (χ3n) is 3.93. The van der Waals surface area contributed by atoms with Crippen molar-refractivity contribution in [3.8, 4) is 11.5 Å². The van der Waals surface area contributed by atoms with Gasteiger partial charge in [-0.3, -0.25) is 4.79 Å². The van der Waals surface area contributed by atoms with E-state index in [1.165, 1.54) is 0 Å². The molecular formula is C17H26N2O3. The second kappa shape index (κ2) is 7.49. The molecule has 0 N–H and O–H groups in total. The number of ether oxygens (including phenoxy) is 2. The van der Waals surface area contributed by atoms with Crippen LogP contribution in [0.2, 0.25) is 0 Å². The van der Waals surface area contributed by atoms with Crippen LogP contribution in [-0.4, -0.2) is 55.7 Å². The minimum atomic E-state index is 0.167. The maximum Gasteiger partial charge on any atom is 0.231 e. The Labute approximate surface area is 132 Å². The van der Waals surface area contributed by atoms with Gasteiger partial charge in [0, 0.05) is 25.6 Å². The summed E-state index contributed by atoms with van der Waals surface area (Å²) in [4.78, 5) is 16.3. The van der Waals surface area contributed by atoms with Crippen LogP contribution in [0.3, 0.4) is 0 Å². The Morgan fingerprint density at radius 1 is 1.27 bits per heavy atom. The molecule has 0 fully saturated rings. The van der Waals surface area contributed by atoms with Crippen LogP contribution in [0.1, 0.15) is 25.8 Å². The van der Waals surface area contributed by atoms with Crippen molar-refractivity contribution in [2.75, 3.05) is 34.0 Å². The second-order valence-corrected chi connectivity index (χ2v) is 5.97. The number of benzene rings is 1. The molecule has 5 nitrogen and oxygen atoms in total. The molecule has 122 valence electrons. The summed E-state index contributed by atoms with van der Waals surface area (Å²) in [6.45, 7) is 5.94. The number of fused-ring (bicyclic) bond motifs is 1. The highest BCUT2D eigenvalue weighted by atomic mass is 16.7. The minimum absolute atomic E-state index is 0.167. The standard InChI is InChI=1S/C17H26N2O3/c1-5-19(17(20)8-9-18(3)4)13(2)10-14-6-7-15-16(11-14)22-12-21-15/h6-7,11,13H,5,8-10,12H2,1-4H3. The van der Waals surface area contributed by atoms with Gasteiger partial charge in [0.15, 0.2) is 11.5 Å². The lowest BCUT2D eigenvalue weighted by Gasteiger charge is -2.29. The molecule has 0 saturated heterocycles. The van der Waals surface area contributed by atoms with E-state index in [0.717, 1.165) is 36.6 Å². The van der Waals surface area contributed by atoms with Crippen LogP contribution in [-0.2, 0) is 11.2 Å². The van der Waals surface area contributed by atoms with E-state index in [1.54, 1.807) is 0 Å². The van der Waals surface area contributed by atoms with Gasteiger partial charge >= 0.3 is 0 Å². The average Bonchev–Trinajstić information content (AvgIpc) is 2.93. The van der Waals surface area contributed by atoms with Gasteiger partial charge in [-0.05, 0) is 52.1 Å². The van der Waals surface area contributed by atoms with E-state index in [9.17, 15) is 4.79 Å². The van der Waals surface area contributed by atoms with E-state index in [4.69, 9.17) is 9.47 Å². The lowest BCUT2D eigenvalue weighted by molar-refractivity contribution is -0.133. The molecule has 0 radical (unpaired) electrons. The second-order valence-electron chi connectivity index (χ2n) is 5.97. The predicted molar refractivity (Wildman–Crippen MR) is 86.3 cm³/mol. The van der Waals surface area contributed by atoms with Crippen LogP contribution in [0.5, 0.6) is 11.5 Å². The molecule has 1 aliphatic rings. The number of carbonyl (C=O) groups is 1. The molecule has 5 heteroatoms. The number of likely N-dealkylation sites (N-methyl/N-ethyl adjacent to an activating group) is 1. The highest BCUT2D eigenvalue weighted by Crippen LogP contribution is 2.33. The first kappa shape index (κ1) is 16.6. The van der Waals surface area contributed by atoms with E-state index < -0.39 is 0 Å². The van der Waals surface area contributed by atoms with Gasteiger partial charge in [-0.15, -0.1) is 0 Å². The number of rotatable bonds is 7. The largest absolute Gasteiger partial charge is 0.454 e. The molecule has 1 aromatic carbocycles. The van der Waals surface area contributed by atoms with Gasteiger partial charge in [0.1, 0.15) is 0 Å². The van der Waals surface area contributed by atoms with Crippen LogP contribution in [0.4, 0.5) is 0 Å². The van der Waals surface area contributed by atoms with Crippen molar-refractivity contribution in [1.29, 1.82) is 0 Å². The van der Waals surface area contributed by atoms with Gasteiger partial charge in [-0.2, -0.15) is 0 Å². The number of carbonyl (C=O) groups excluding carboxylic acids is 1. The van der Waals surface area contributed by atoms with Crippen molar-refractivity contribution in [2.45, 2.75) is 32.7 Å². The van der Waals surface area contributed by atoms with E-state index in [1.807, 2.05) is 49.0 Å². The Morgan fingerprint density at radius 2 is 2.00 bits per heavy atom. The Kier molecular flexibility index (Phi) is 5.66. The monoisotopic (exact) mass is 306 g/mol. The van der Waals surface area contributed by atoms with Gasteiger partial charge in [-0.25, -0.2) is 0 Å². The fraction of sp³-hybridized carbons (Fsp3) is 0.588. The highest BCUT2D eigenvalue weighted by molar-refractivity contribution is 5.76. The van der Waals surface area contributed by atoms with Crippen molar-refractivity contribution in [1.82, 2.24) is 9.80 Å². The predicted octanol–water partition coefficient (Wildman–Crippen LogP) is 2.15. The summed E-state index contributed by atoms with van der Waals surface area (Å²) >= 11 is 0. The van der Waals surface area contributed by atoms with Crippen LogP contribution in [0.15, 0.2) is 18.2 Å². The first-order valence-electron chi connectivity index (χ1n) is 7.84. The Balaban J connectivity index is 1.96. The quantitative estimate of drug-likeness (QED) is 0.774. The Hall–Kier alpha value is -1.75. The van der Waals surface area contributed by atoms with E-state index in [-0.39, 0.29) is 11.9 Å². The molecule has 1 aliphatic heterocycles. The Morgan fingerprint density at radius 3 is 2.68 bits per heavy atom. The van der Waals surface area contributed by atoms with Crippen LogP contribution >= 0.6 is 0 Å². The summed E-state index contributed by atoms with van der Waals surface area (Å²) in [6.07, 6.45) is 1.38.